The summed E-state index contributed by atoms with van der Waals surface area (Å²) < 4.78 is 5.18. The first-order chi connectivity index (χ1) is 9.63. The predicted octanol–water partition coefficient (Wildman–Crippen LogP) is 1.61. The Morgan fingerprint density at radius 3 is 2.95 bits per heavy atom. The molecule has 0 aromatic heterocycles. The van der Waals surface area contributed by atoms with Gasteiger partial charge in [-0.3, -0.25) is 4.79 Å². The molecule has 0 spiro atoms. The zero-order valence-electron chi connectivity index (χ0n) is 11.1. The van der Waals surface area contributed by atoms with Crippen molar-refractivity contribution in [3.05, 3.63) is 29.8 Å². The normalized spacial score (nSPS) is 17.7. The van der Waals surface area contributed by atoms with E-state index in [0.29, 0.717) is 25.3 Å². The van der Waals surface area contributed by atoms with Crippen LogP contribution in [0.3, 0.4) is 0 Å². The van der Waals surface area contributed by atoms with Crippen LogP contribution in [0.15, 0.2) is 24.3 Å². The van der Waals surface area contributed by atoms with Crippen LogP contribution >= 0.6 is 0 Å². The van der Waals surface area contributed by atoms with Crippen molar-refractivity contribution in [1.82, 2.24) is 5.32 Å². The van der Waals surface area contributed by atoms with Crippen LogP contribution in [0, 0.1) is 0 Å². The minimum Gasteiger partial charge on any atom is -0.481 e. The van der Waals surface area contributed by atoms with Crippen molar-refractivity contribution < 1.29 is 19.4 Å². The van der Waals surface area contributed by atoms with Crippen molar-refractivity contribution in [3.63, 3.8) is 0 Å². The standard InChI is InChI=1S/C14H18N2O4/c17-13(18)5-4-10-2-1-3-11(8-10)15-14(19)16-12-6-7-20-9-12/h1-3,8,12H,4-7,9H2,(H,17,18)(H2,15,16,19). The van der Waals surface area contributed by atoms with E-state index in [1.54, 1.807) is 18.2 Å². The maximum Gasteiger partial charge on any atom is 0.319 e. The molecule has 1 atom stereocenters. The summed E-state index contributed by atoms with van der Waals surface area (Å²) in [5.41, 5.74) is 1.54. The molecular weight excluding hydrogens is 260 g/mol. The summed E-state index contributed by atoms with van der Waals surface area (Å²) in [4.78, 5) is 22.3. The minimum atomic E-state index is -0.831. The van der Waals surface area contributed by atoms with Gasteiger partial charge in [-0.2, -0.15) is 0 Å². The zero-order valence-corrected chi connectivity index (χ0v) is 11.1. The van der Waals surface area contributed by atoms with Crippen LogP contribution in [0.2, 0.25) is 0 Å². The number of carbonyl (C=O) groups excluding carboxylic acids is 1. The summed E-state index contributed by atoms with van der Waals surface area (Å²) in [6, 6.07) is 6.99. The quantitative estimate of drug-likeness (QED) is 0.763. The smallest absolute Gasteiger partial charge is 0.319 e. The number of carboxylic acid groups (broad SMARTS) is 1. The molecule has 6 nitrogen and oxygen atoms in total. The van der Waals surface area contributed by atoms with Gasteiger partial charge in [0.25, 0.3) is 0 Å². The van der Waals surface area contributed by atoms with Gasteiger partial charge in [0.2, 0.25) is 0 Å². The largest absolute Gasteiger partial charge is 0.481 e. The molecule has 1 saturated heterocycles. The van der Waals surface area contributed by atoms with Gasteiger partial charge in [0.1, 0.15) is 0 Å². The third-order valence-electron chi connectivity index (χ3n) is 3.08. The van der Waals surface area contributed by atoms with Crippen molar-refractivity contribution in [1.29, 1.82) is 0 Å². The van der Waals surface area contributed by atoms with Crippen LogP contribution in [-0.2, 0) is 16.0 Å². The van der Waals surface area contributed by atoms with Crippen LogP contribution < -0.4 is 10.6 Å². The molecule has 1 aliphatic rings. The first-order valence-corrected chi connectivity index (χ1v) is 6.59. The summed E-state index contributed by atoms with van der Waals surface area (Å²) in [5.74, 6) is -0.831. The minimum absolute atomic E-state index is 0.0604. The summed E-state index contributed by atoms with van der Waals surface area (Å²) in [6.45, 7) is 1.22. The van der Waals surface area contributed by atoms with Gasteiger partial charge in [-0.15, -0.1) is 0 Å². The van der Waals surface area contributed by atoms with Crippen LogP contribution in [0.4, 0.5) is 10.5 Å². The van der Waals surface area contributed by atoms with Crippen molar-refractivity contribution in [2.45, 2.75) is 25.3 Å². The van der Waals surface area contributed by atoms with Gasteiger partial charge in [0.05, 0.1) is 12.6 Å². The van der Waals surface area contributed by atoms with E-state index in [1.807, 2.05) is 6.07 Å². The summed E-state index contributed by atoms with van der Waals surface area (Å²) in [7, 11) is 0. The topological polar surface area (TPSA) is 87.7 Å². The Labute approximate surface area is 117 Å². The number of benzene rings is 1. The molecular formula is C14H18N2O4. The zero-order chi connectivity index (χ0) is 14.4. The van der Waals surface area contributed by atoms with Gasteiger partial charge in [-0.25, -0.2) is 4.79 Å². The Kier molecular flexibility index (Phi) is 4.95. The number of hydrogen-bond donors (Lipinski definition) is 3. The molecule has 2 rings (SSSR count). The van der Waals surface area contributed by atoms with E-state index in [-0.39, 0.29) is 18.5 Å². The fourth-order valence-electron chi connectivity index (χ4n) is 2.06. The lowest BCUT2D eigenvalue weighted by Crippen LogP contribution is -2.38. The summed E-state index contributed by atoms with van der Waals surface area (Å²) in [5, 5.41) is 14.2. The number of rotatable bonds is 5. The highest BCUT2D eigenvalue weighted by Gasteiger charge is 2.17. The van der Waals surface area contributed by atoms with E-state index in [4.69, 9.17) is 9.84 Å². The number of carbonyl (C=O) groups is 2. The van der Waals surface area contributed by atoms with Gasteiger partial charge in [-0.1, -0.05) is 12.1 Å². The Morgan fingerprint density at radius 2 is 2.25 bits per heavy atom. The molecule has 1 aromatic carbocycles. The van der Waals surface area contributed by atoms with Gasteiger partial charge >= 0.3 is 12.0 Å². The van der Waals surface area contributed by atoms with Crippen LogP contribution in [0.25, 0.3) is 0 Å². The van der Waals surface area contributed by atoms with Crippen molar-refractivity contribution in [3.8, 4) is 0 Å². The molecule has 0 saturated carbocycles. The number of urea groups is 1. The maximum absolute atomic E-state index is 11.8. The van der Waals surface area contributed by atoms with E-state index in [2.05, 4.69) is 10.6 Å². The maximum atomic E-state index is 11.8. The first kappa shape index (κ1) is 14.3. The van der Waals surface area contributed by atoms with E-state index in [9.17, 15) is 9.59 Å². The van der Waals surface area contributed by atoms with Crippen LogP contribution in [0.1, 0.15) is 18.4 Å². The Hall–Kier alpha value is -2.08. The number of nitrogens with one attached hydrogen (secondary N) is 2. The van der Waals surface area contributed by atoms with E-state index in [1.165, 1.54) is 0 Å². The molecule has 0 aliphatic carbocycles. The number of carboxylic acids is 1. The van der Waals surface area contributed by atoms with Crippen LogP contribution in [0.5, 0.6) is 0 Å². The highest BCUT2D eigenvalue weighted by atomic mass is 16.5. The third-order valence-corrected chi connectivity index (χ3v) is 3.08. The highest BCUT2D eigenvalue weighted by Crippen LogP contribution is 2.12. The molecule has 0 radical (unpaired) electrons. The van der Waals surface area contributed by atoms with Gasteiger partial charge in [0.15, 0.2) is 0 Å². The molecule has 1 aliphatic heterocycles. The fraction of sp³-hybridized carbons (Fsp3) is 0.429. The monoisotopic (exact) mass is 278 g/mol. The molecule has 6 heteroatoms. The summed E-state index contributed by atoms with van der Waals surface area (Å²) in [6.07, 6.45) is 1.35. The van der Waals surface area contributed by atoms with Gasteiger partial charge < -0.3 is 20.5 Å². The highest BCUT2D eigenvalue weighted by molar-refractivity contribution is 5.89. The molecule has 20 heavy (non-hydrogen) atoms. The molecule has 1 fully saturated rings. The number of hydrogen-bond acceptors (Lipinski definition) is 3. The van der Waals surface area contributed by atoms with Gasteiger partial charge in [-0.05, 0) is 30.5 Å². The summed E-state index contributed by atoms with van der Waals surface area (Å²) >= 11 is 0. The lowest BCUT2D eigenvalue weighted by Gasteiger charge is -2.12. The van der Waals surface area contributed by atoms with Crippen molar-refractivity contribution in [2.75, 3.05) is 18.5 Å². The molecule has 3 N–H and O–H groups in total. The van der Waals surface area contributed by atoms with E-state index >= 15 is 0 Å². The number of amides is 2. The average Bonchev–Trinajstić information content (AvgIpc) is 2.89. The molecule has 1 unspecified atom stereocenters. The Morgan fingerprint density at radius 1 is 1.40 bits per heavy atom. The molecule has 108 valence electrons. The average molecular weight is 278 g/mol. The SMILES string of the molecule is O=C(O)CCc1cccc(NC(=O)NC2CCOC2)c1. The second-order valence-electron chi connectivity index (χ2n) is 4.75. The number of aryl methyl sites for hydroxylation is 1. The van der Waals surface area contributed by atoms with E-state index < -0.39 is 5.97 Å². The second-order valence-corrected chi connectivity index (χ2v) is 4.75. The van der Waals surface area contributed by atoms with E-state index in [0.717, 1.165) is 12.0 Å². The van der Waals surface area contributed by atoms with Gasteiger partial charge in [0, 0.05) is 18.7 Å². The van der Waals surface area contributed by atoms with Crippen molar-refractivity contribution in [2.24, 2.45) is 0 Å². The van der Waals surface area contributed by atoms with Crippen molar-refractivity contribution >= 4 is 17.7 Å². The second kappa shape index (κ2) is 6.91. The fourth-order valence-corrected chi connectivity index (χ4v) is 2.06. The molecule has 0 bridgehead atoms. The number of aliphatic carboxylic acids is 1. The first-order valence-electron chi connectivity index (χ1n) is 6.59. The molecule has 1 heterocycles. The third kappa shape index (κ3) is 4.55. The lowest BCUT2D eigenvalue weighted by molar-refractivity contribution is -0.136. The predicted molar refractivity (Wildman–Crippen MR) is 73.8 cm³/mol. The Balaban J connectivity index is 1.86. The molecule has 2 amide bonds. The lowest BCUT2D eigenvalue weighted by atomic mass is 10.1. The number of anilines is 1. The van der Waals surface area contributed by atoms with Crippen LogP contribution in [-0.4, -0.2) is 36.4 Å². The molecule has 1 aromatic rings. The number of ether oxygens (including phenoxy) is 1. The Bertz CT molecular complexity index is 484.